The Labute approximate surface area is 168 Å². The summed E-state index contributed by atoms with van der Waals surface area (Å²) in [5, 5.41) is 13.9. The Hall–Kier alpha value is -2.35. The number of hydrogen-bond acceptors (Lipinski definition) is 7. The number of nitrogens with zero attached hydrogens (tertiary/aromatic N) is 5. The van der Waals surface area contributed by atoms with Gasteiger partial charge >= 0.3 is 0 Å². The van der Waals surface area contributed by atoms with Gasteiger partial charge in [-0.25, -0.2) is 0 Å². The number of rotatable bonds is 7. The molecule has 1 aliphatic carbocycles. The van der Waals surface area contributed by atoms with Crippen LogP contribution in [0.4, 0.5) is 0 Å². The second kappa shape index (κ2) is 8.77. The minimum atomic E-state index is 0.428. The van der Waals surface area contributed by atoms with Crippen molar-refractivity contribution in [1.29, 1.82) is 0 Å². The van der Waals surface area contributed by atoms with Crippen LogP contribution < -0.4 is 4.74 Å². The lowest BCUT2D eigenvalue weighted by Gasteiger charge is -2.25. The molecule has 0 aliphatic heterocycles. The SMILES string of the molecule is CCc1noc(CSc2nnc(-c3ccc(OC)cc3)n2C2CCCCC2)n1. The zero-order valence-corrected chi connectivity index (χ0v) is 17.1. The largest absolute Gasteiger partial charge is 0.497 e. The molecule has 3 aromatic rings. The second-order valence-corrected chi connectivity index (χ2v) is 7.89. The Balaban J connectivity index is 1.62. The molecule has 148 valence electrons. The van der Waals surface area contributed by atoms with Crippen molar-refractivity contribution in [3.63, 3.8) is 0 Å². The fourth-order valence-corrected chi connectivity index (χ4v) is 4.44. The van der Waals surface area contributed by atoms with E-state index in [2.05, 4.69) is 24.9 Å². The van der Waals surface area contributed by atoms with Gasteiger partial charge in [0.05, 0.1) is 12.9 Å². The zero-order valence-electron chi connectivity index (χ0n) is 16.3. The molecule has 2 aromatic heterocycles. The Morgan fingerprint density at radius 3 is 2.61 bits per heavy atom. The average molecular weight is 400 g/mol. The third kappa shape index (κ3) is 4.06. The third-order valence-electron chi connectivity index (χ3n) is 5.10. The highest BCUT2D eigenvalue weighted by molar-refractivity contribution is 7.98. The number of thioether (sulfide) groups is 1. The first kappa shape index (κ1) is 19.0. The Morgan fingerprint density at radius 1 is 1.14 bits per heavy atom. The topological polar surface area (TPSA) is 78.9 Å². The quantitative estimate of drug-likeness (QED) is 0.533. The highest BCUT2D eigenvalue weighted by Gasteiger charge is 2.24. The fraction of sp³-hybridized carbons (Fsp3) is 0.500. The van der Waals surface area contributed by atoms with E-state index in [1.165, 1.54) is 19.3 Å². The zero-order chi connectivity index (χ0) is 19.3. The molecule has 0 spiro atoms. The van der Waals surface area contributed by atoms with Crippen molar-refractivity contribution in [3.8, 4) is 17.1 Å². The van der Waals surface area contributed by atoms with Crippen LogP contribution in [0, 0.1) is 0 Å². The Kier molecular flexibility index (Phi) is 5.95. The van der Waals surface area contributed by atoms with Crippen molar-refractivity contribution in [1.82, 2.24) is 24.9 Å². The molecule has 0 saturated heterocycles. The molecule has 1 aromatic carbocycles. The summed E-state index contributed by atoms with van der Waals surface area (Å²) in [6, 6.07) is 8.45. The molecule has 1 saturated carbocycles. The van der Waals surface area contributed by atoms with E-state index in [-0.39, 0.29) is 0 Å². The van der Waals surface area contributed by atoms with Crippen LogP contribution in [0.5, 0.6) is 5.75 Å². The van der Waals surface area contributed by atoms with Gasteiger partial charge in [-0.05, 0) is 37.1 Å². The molecule has 0 amide bonds. The van der Waals surface area contributed by atoms with Gasteiger partial charge in [0.2, 0.25) is 5.89 Å². The maximum absolute atomic E-state index is 5.33. The van der Waals surface area contributed by atoms with Crippen molar-refractivity contribution < 1.29 is 9.26 Å². The van der Waals surface area contributed by atoms with E-state index in [1.54, 1.807) is 18.9 Å². The van der Waals surface area contributed by atoms with Crippen LogP contribution >= 0.6 is 11.8 Å². The maximum Gasteiger partial charge on any atom is 0.237 e. The van der Waals surface area contributed by atoms with Gasteiger partial charge in [0, 0.05) is 18.0 Å². The van der Waals surface area contributed by atoms with Crippen LogP contribution in [0.1, 0.15) is 56.8 Å². The summed E-state index contributed by atoms with van der Waals surface area (Å²) in [4.78, 5) is 4.40. The van der Waals surface area contributed by atoms with Gasteiger partial charge in [-0.15, -0.1) is 10.2 Å². The summed E-state index contributed by atoms with van der Waals surface area (Å²) in [6.07, 6.45) is 6.90. The molecule has 2 heterocycles. The van der Waals surface area contributed by atoms with E-state index < -0.39 is 0 Å². The summed E-state index contributed by atoms with van der Waals surface area (Å²) >= 11 is 1.61. The highest BCUT2D eigenvalue weighted by atomic mass is 32.2. The number of hydrogen-bond donors (Lipinski definition) is 0. The lowest BCUT2D eigenvalue weighted by Crippen LogP contribution is -2.15. The van der Waals surface area contributed by atoms with Crippen LogP contribution in [0.15, 0.2) is 33.9 Å². The van der Waals surface area contributed by atoms with Crippen molar-refractivity contribution in [3.05, 3.63) is 36.0 Å². The molecule has 7 nitrogen and oxygen atoms in total. The number of benzene rings is 1. The van der Waals surface area contributed by atoms with Crippen LogP contribution in [-0.4, -0.2) is 32.0 Å². The van der Waals surface area contributed by atoms with E-state index >= 15 is 0 Å². The van der Waals surface area contributed by atoms with Crippen LogP contribution in [0.25, 0.3) is 11.4 Å². The normalized spacial score (nSPS) is 15.1. The average Bonchev–Trinajstić information content (AvgIpc) is 3.39. The van der Waals surface area contributed by atoms with Gasteiger partial charge in [0.25, 0.3) is 0 Å². The highest BCUT2D eigenvalue weighted by Crippen LogP contribution is 2.36. The molecular weight excluding hydrogens is 374 g/mol. The molecule has 28 heavy (non-hydrogen) atoms. The first-order valence-corrected chi connectivity index (χ1v) is 10.8. The molecule has 0 unspecified atom stereocenters. The molecule has 0 atom stereocenters. The lowest BCUT2D eigenvalue weighted by molar-refractivity contribution is 0.339. The minimum Gasteiger partial charge on any atom is -0.497 e. The predicted molar refractivity (Wildman–Crippen MR) is 107 cm³/mol. The molecule has 8 heteroatoms. The number of methoxy groups -OCH3 is 1. The monoisotopic (exact) mass is 399 g/mol. The second-order valence-electron chi connectivity index (χ2n) is 6.94. The minimum absolute atomic E-state index is 0.428. The summed E-state index contributed by atoms with van der Waals surface area (Å²) in [6.45, 7) is 2.02. The molecule has 0 N–H and O–H groups in total. The summed E-state index contributed by atoms with van der Waals surface area (Å²) in [5.74, 6) is 3.72. The maximum atomic E-state index is 5.33. The molecule has 0 radical (unpaired) electrons. The van der Waals surface area contributed by atoms with Gasteiger partial charge in [-0.1, -0.05) is 43.1 Å². The standard InChI is InChI=1S/C20H25N5O2S/c1-3-17-21-18(27-24-17)13-28-20-23-22-19(14-9-11-16(26-2)12-10-14)25(20)15-7-5-4-6-8-15/h9-12,15H,3-8,13H2,1-2H3. The summed E-state index contributed by atoms with van der Waals surface area (Å²) in [7, 11) is 1.68. The number of aromatic nitrogens is 5. The number of aryl methyl sites for hydroxylation is 1. The first-order chi connectivity index (χ1) is 13.8. The van der Waals surface area contributed by atoms with Gasteiger partial charge in [0.15, 0.2) is 16.8 Å². The van der Waals surface area contributed by atoms with Crippen LogP contribution in [0.3, 0.4) is 0 Å². The summed E-state index contributed by atoms with van der Waals surface area (Å²) < 4.78 is 12.9. The van der Waals surface area contributed by atoms with Crippen LogP contribution in [-0.2, 0) is 12.2 Å². The van der Waals surface area contributed by atoms with Crippen LogP contribution in [0.2, 0.25) is 0 Å². The van der Waals surface area contributed by atoms with Crippen molar-refractivity contribution in [2.75, 3.05) is 7.11 Å². The van der Waals surface area contributed by atoms with E-state index in [9.17, 15) is 0 Å². The molecule has 4 rings (SSSR count). The Morgan fingerprint density at radius 2 is 1.93 bits per heavy atom. The van der Waals surface area contributed by atoms with E-state index in [0.717, 1.165) is 47.4 Å². The van der Waals surface area contributed by atoms with Crippen molar-refractivity contribution in [2.45, 2.75) is 62.4 Å². The molecular formula is C20H25N5O2S. The van der Waals surface area contributed by atoms with Gasteiger partial charge in [-0.2, -0.15) is 4.98 Å². The van der Waals surface area contributed by atoms with Gasteiger partial charge in [0.1, 0.15) is 5.75 Å². The smallest absolute Gasteiger partial charge is 0.237 e. The summed E-state index contributed by atoms with van der Waals surface area (Å²) in [5.41, 5.74) is 1.05. The van der Waals surface area contributed by atoms with Gasteiger partial charge < -0.3 is 9.26 Å². The predicted octanol–water partition coefficient (Wildman–Crippen LogP) is 4.70. The number of ether oxygens (including phenoxy) is 1. The molecule has 1 aliphatic rings. The van der Waals surface area contributed by atoms with E-state index in [4.69, 9.17) is 9.26 Å². The lowest BCUT2D eigenvalue weighted by atomic mass is 9.95. The molecule has 1 fully saturated rings. The fourth-order valence-electron chi connectivity index (χ4n) is 3.60. The molecule has 0 bridgehead atoms. The van der Waals surface area contributed by atoms with Gasteiger partial charge in [-0.3, -0.25) is 4.57 Å². The first-order valence-electron chi connectivity index (χ1n) is 9.82. The van der Waals surface area contributed by atoms with Crippen molar-refractivity contribution in [2.24, 2.45) is 0 Å². The third-order valence-corrected chi connectivity index (χ3v) is 6.03. The Bertz CT molecular complexity index is 900. The van der Waals surface area contributed by atoms with E-state index in [1.807, 2.05) is 31.2 Å². The van der Waals surface area contributed by atoms with E-state index in [0.29, 0.717) is 17.7 Å². The van der Waals surface area contributed by atoms with Crippen molar-refractivity contribution >= 4 is 11.8 Å².